The molecule has 74 valence electrons. The van der Waals surface area contributed by atoms with E-state index in [1.807, 2.05) is 0 Å². The van der Waals surface area contributed by atoms with E-state index < -0.39 is 27.0 Å². The number of phenols is 1. The van der Waals surface area contributed by atoms with Gasteiger partial charge in [-0.2, -0.15) is 0 Å². The minimum absolute atomic E-state index is 0.321. The van der Waals surface area contributed by atoms with Gasteiger partial charge in [-0.1, -0.05) is 0 Å². The molecule has 0 aliphatic heterocycles. The Morgan fingerprint density at radius 3 is 2.21 bits per heavy atom. The number of nitro groups is 2. The summed E-state index contributed by atoms with van der Waals surface area (Å²) in [5.74, 6) is -1.03. The Morgan fingerprint density at radius 1 is 1.21 bits per heavy atom. The number of phenolic OH excluding ortho intramolecular Hbond substituents is 1. The molecule has 0 saturated carbocycles. The number of nitrogen functional groups attached to an aromatic ring is 1. The highest BCUT2D eigenvalue weighted by molar-refractivity contribution is 5.72. The first-order chi connectivity index (χ1) is 6.45. The van der Waals surface area contributed by atoms with Crippen LogP contribution in [-0.4, -0.2) is 15.0 Å². The number of aromatic hydroxyl groups is 1. The van der Waals surface area contributed by atoms with Gasteiger partial charge < -0.3 is 10.8 Å². The number of hydrogen-bond acceptors (Lipinski definition) is 6. The molecule has 0 aromatic heterocycles. The number of nitrogens with two attached hydrogens (primary N) is 1. The molecule has 0 bridgehead atoms. The van der Waals surface area contributed by atoms with Gasteiger partial charge in [0.2, 0.25) is 0 Å². The molecular formula is C6H5N3O5. The van der Waals surface area contributed by atoms with Crippen LogP contribution in [0.5, 0.6) is 5.75 Å². The average molecular weight is 199 g/mol. The molecule has 0 saturated heterocycles. The van der Waals surface area contributed by atoms with E-state index in [0.717, 1.165) is 12.1 Å². The van der Waals surface area contributed by atoms with Crippen molar-refractivity contribution >= 4 is 17.1 Å². The molecule has 0 amide bonds. The molecule has 1 rings (SSSR count). The second-order valence-corrected chi connectivity index (χ2v) is 2.39. The lowest BCUT2D eigenvalue weighted by molar-refractivity contribution is -0.395. The molecule has 3 N–H and O–H groups in total. The largest absolute Gasteiger partial charge is 0.497 e. The lowest BCUT2D eigenvalue weighted by atomic mass is 10.2. The normalized spacial score (nSPS) is 9.71. The van der Waals surface area contributed by atoms with Crippen LogP contribution in [0.4, 0.5) is 17.1 Å². The Hall–Kier alpha value is -2.38. The van der Waals surface area contributed by atoms with Gasteiger partial charge in [0.25, 0.3) is 5.75 Å². The summed E-state index contributed by atoms with van der Waals surface area (Å²) in [6.45, 7) is 0. The quantitative estimate of drug-likeness (QED) is 0.411. The van der Waals surface area contributed by atoms with Gasteiger partial charge in [-0.05, 0) is 6.07 Å². The van der Waals surface area contributed by atoms with Crippen LogP contribution in [0.25, 0.3) is 0 Å². The van der Waals surface area contributed by atoms with Gasteiger partial charge in [0, 0.05) is 6.07 Å². The highest BCUT2D eigenvalue weighted by atomic mass is 16.6. The van der Waals surface area contributed by atoms with Crippen molar-refractivity contribution in [1.29, 1.82) is 0 Å². The highest BCUT2D eigenvalue weighted by Crippen LogP contribution is 2.39. The third-order valence-electron chi connectivity index (χ3n) is 1.54. The van der Waals surface area contributed by atoms with Crippen LogP contribution in [0.1, 0.15) is 0 Å². The molecular weight excluding hydrogens is 194 g/mol. The van der Waals surface area contributed by atoms with Gasteiger partial charge in [0.15, 0.2) is 0 Å². The minimum atomic E-state index is -1.03. The maximum absolute atomic E-state index is 10.4. The molecule has 0 unspecified atom stereocenters. The van der Waals surface area contributed by atoms with Crippen molar-refractivity contribution in [2.45, 2.75) is 0 Å². The van der Waals surface area contributed by atoms with Crippen molar-refractivity contribution in [2.24, 2.45) is 0 Å². The summed E-state index contributed by atoms with van der Waals surface area (Å²) in [6, 6.07) is 1.90. The number of benzene rings is 1. The van der Waals surface area contributed by atoms with Crippen molar-refractivity contribution in [3.05, 3.63) is 32.4 Å². The zero-order valence-electron chi connectivity index (χ0n) is 6.71. The SMILES string of the molecule is Nc1ccc([N+](=O)[O-])c(O)c1[N+](=O)[O-]. The fraction of sp³-hybridized carbons (Fsp3) is 0. The molecule has 14 heavy (non-hydrogen) atoms. The zero-order valence-corrected chi connectivity index (χ0v) is 6.71. The van der Waals surface area contributed by atoms with Crippen LogP contribution >= 0.6 is 0 Å². The minimum Gasteiger partial charge on any atom is -0.497 e. The number of nitro benzene ring substituents is 2. The van der Waals surface area contributed by atoms with Gasteiger partial charge in [-0.25, -0.2) is 0 Å². The summed E-state index contributed by atoms with van der Waals surface area (Å²) in [4.78, 5) is 18.7. The molecule has 0 spiro atoms. The Balaban J connectivity index is 3.49. The summed E-state index contributed by atoms with van der Waals surface area (Å²) in [7, 11) is 0. The fourth-order valence-corrected chi connectivity index (χ4v) is 0.924. The van der Waals surface area contributed by atoms with Crippen molar-refractivity contribution in [3.8, 4) is 5.75 Å². The predicted octanol–water partition coefficient (Wildman–Crippen LogP) is 0.791. The first kappa shape index (κ1) is 9.71. The smallest absolute Gasteiger partial charge is 0.340 e. The molecule has 0 aliphatic carbocycles. The van der Waals surface area contributed by atoms with Crippen molar-refractivity contribution in [3.63, 3.8) is 0 Å². The van der Waals surface area contributed by atoms with Crippen molar-refractivity contribution in [2.75, 3.05) is 5.73 Å². The first-order valence-corrected chi connectivity index (χ1v) is 3.35. The van der Waals surface area contributed by atoms with Crippen molar-refractivity contribution < 1.29 is 15.0 Å². The van der Waals surface area contributed by atoms with E-state index in [0.29, 0.717) is 0 Å². The van der Waals surface area contributed by atoms with Gasteiger partial charge in [-0.3, -0.25) is 20.2 Å². The van der Waals surface area contributed by atoms with Crippen LogP contribution < -0.4 is 5.73 Å². The Labute approximate surface area is 76.9 Å². The molecule has 1 aromatic carbocycles. The second-order valence-electron chi connectivity index (χ2n) is 2.39. The van der Waals surface area contributed by atoms with Crippen LogP contribution in [0.2, 0.25) is 0 Å². The number of hydrogen-bond donors (Lipinski definition) is 2. The Bertz CT molecular complexity index is 416. The van der Waals surface area contributed by atoms with Crippen LogP contribution in [0.3, 0.4) is 0 Å². The van der Waals surface area contributed by atoms with Crippen LogP contribution in [0.15, 0.2) is 12.1 Å². The molecule has 0 atom stereocenters. The average Bonchev–Trinajstić information content (AvgIpc) is 2.02. The number of anilines is 1. The topological polar surface area (TPSA) is 133 Å². The second kappa shape index (κ2) is 3.17. The molecule has 0 aliphatic rings. The summed E-state index contributed by atoms with van der Waals surface area (Å²) >= 11 is 0. The molecule has 8 heteroatoms. The number of rotatable bonds is 2. The molecule has 0 fully saturated rings. The van der Waals surface area contributed by atoms with E-state index in [4.69, 9.17) is 10.8 Å². The highest BCUT2D eigenvalue weighted by Gasteiger charge is 2.27. The van der Waals surface area contributed by atoms with E-state index >= 15 is 0 Å². The Kier molecular flexibility index (Phi) is 2.19. The van der Waals surface area contributed by atoms with Crippen molar-refractivity contribution in [1.82, 2.24) is 0 Å². The predicted molar refractivity (Wildman–Crippen MR) is 45.8 cm³/mol. The zero-order chi connectivity index (χ0) is 10.9. The molecule has 0 heterocycles. The first-order valence-electron chi connectivity index (χ1n) is 3.35. The molecule has 1 aromatic rings. The van der Waals surface area contributed by atoms with E-state index in [9.17, 15) is 20.2 Å². The van der Waals surface area contributed by atoms with Gasteiger partial charge in [0.05, 0.1) is 9.85 Å². The Morgan fingerprint density at radius 2 is 1.79 bits per heavy atom. The third kappa shape index (κ3) is 1.40. The lowest BCUT2D eigenvalue weighted by Gasteiger charge is -1.99. The standard InChI is InChI=1S/C6H5N3O5/c7-3-1-2-4(8(11)12)6(10)5(3)9(13)14/h1-2,10H,7H2. The maximum Gasteiger partial charge on any atom is 0.340 e. The summed E-state index contributed by atoms with van der Waals surface area (Å²) in [6.07, 6.45) is 0. The molecule has 8 nitrogen and oxygen atoms in total. The molecule has 0 radical (unpaired) electrons. The maximum atomic E-state index is 10.4. The van der Waals surface area contributed by atoms with E-state index in [1.165, 1.54) is 0 Å². The van der Waals surface area contributed by atoms with Crippen LogP contribution in [-0.2, 0) is 0 Å². The van der Waals surface area contributed by atoms with E-state index in [2.05, 4.69) is 0 Å². The summed E-state index contributed by atoms with van der Waals surface area (Å²) in [5.41, 5.74) is 3.25. The fourth-order valence-electron chi connectivity index (χ4n) is 0.924. The monoisotopic (exact) mass is 199 g/mol. The lowest BCUT2D eigenvalue weighted by Crippen LogP contribution is -1.98. The summed E-state index contributed by atoms with van der Waals surface area (Å²) in [5, 5.41) is 29.8. The van der Waals surface area contributed by atoms with Gasteiger partial charge >= 0.3 is 11.4 Å². The third-order valence-corrected chi connectivity index (χ3v) is 1.54. The number of nitrogens with zero attached hydrogens (tertiary/aromatic N) is 2. The van der Waals surface area contributed by atoms with Gasteiger partial charge in [0.1, 0.15) is 5.69 Å². The van der Waals surface area contributed by atoms with Crippen LogP contribution in [0, 0.1) is 20.2 Å². The van der Waals surface area contributed by atoms with Gasteiger partial charge in [-0.15, -0.1) is 0 Å². The van der Waals surface area contributed by atoms with E-state index in [1.54, 1.807) is 0 Å². The van der Waals surface area contributed by atoms with E-state index in [-0.39, 0.29) is 5.69 Å². The summed E-state index contributed by atoms with van der Waals surface area (Å²) < 4.78 is 0.